The summed E-state index contributed by atoms with van der Waals surface area (Å²) in [6, 6.07) is 10.4. The maximum absolute atomic E-state index is 13.5. The molecule has 0 saturated heterocycles. The molecule has 0 amide bonds. The lowest BCUT2D eigenvalue weighted by atomic mass is 10.1. The topological polar surface area (TPSA) is 66.5 Å². The summed E-state index contributed by atoms with van der Waals surface area (Å²) in [7, 11) is 2.99. The predicted molar refractivity (Wildman–Crippen MR) is 99.8 cm³/mol. The number of nitrogen functional groups attached to an aromatic ring is 1. The average Bonchev–Trinajstić information content (AvgIpc) is 3.04. The number of benzene rings is 2. The maximum Gasteiger partial charge on any atom is 0.431 e. The molecule has 2 N–H and O–H groups in total. The van der Waals surface area contributed by atoms with Gasteiger partial charge in [-0.25, -0.2) is 0 Å². The van der Waals surface area contributed by atoms with E-state index in [1.54, 1.807) is 18.2 Å². The Balaban J connectivity index is 1.91. The van der Waals surface area contributed by atoms with Gasteiger partial charge in [-0.05, 0) is 48.4 Å². The number of aromatic nitrogens is 1. The molecule has 0 atom stereocenters. The molecular formula is C20H19F3N2O3. The van der Waals surface area contributed by atoms with Crippen LogP contribution in [-0.2, 0) is 12.6 Å². The number of hydrogen-bond donors (Lipinski definition) is 1. The first kappa shape index (κ1) is 19.6. The van der Waals surface area contributed by atoms with Gasteiger partial charge in [0.2, 0.25) is 5.91 Å². The van der Waals surface area contributed by atoms with E-state index in [2.05, 4.69) is 0 Å². The summed E-state index contributed by atoms with van der Waals surface area (Å²) in [6.07, 6.45) is -4.51. The fourth-order valence-corrected chi connectivity index (χ4v) is 3.11. The highest BCUT2D eigenvalue weighted by Gasteiger charge is 2.37. The third kappa shape index (κ3) is 3.76. The van der Waals surface area contributed by atoms with Gasteiger partial charge in [0.05, 0.1) is 19.7 Å². The SMILES string of the molecule is COc1ccc(CCC(=O)n2c(C(F)(F)F)cc3cc(N)ccc32)cc1OC. The largest absolute Gasteiger partial charge is 0.493 e. The molecule has 1 heterocycles. The quantitative estimate of drug-likeness (QED) is 0.648. The molecule has 0 aliphatic rings. The van der Waals surface area contributed by atoms with Crippen molar-refractivity contribution in [2.24, 2.45) is 0 Å². The van der Waals surface area contributed by atoms with Crippen molar-refractivity contribution >= 4 is 22.5 Å². The van der Waals surface area contributed by atoms with Gasteiger partial charge in [0.15, 0.2) is 11.5 Å². The Morgan fingerprint density at radius 3 is 2.39 bits per heavy atom. The van der Waals surface area contributed by atoms with Gasteiger partial charge >= 0.3 is 6.18 Å². The van der Waals surface area contributed by atoms with E-state index in [0.29, 0.717) is 17.2 Å². The summed E-state index contributed by atoms with van der Waals surface area (Å²) < 4.78 is 51.5. The summed E-state index contributed by atoms with van der Waals surface area (Å²) in [5.41, 5.74) is 5.91. The van der Waals surface area contributed by atoms with E-state index in [0.717, 1.165) is 16.2 Å². The Bertz CT molecular complexity index is 1030. The highest BCUT2D eigenvalue weighted by molar-refractivity contribution is 5.95. The number of nitrogens with two attached hydrogens (primary N) is 1. The molecular weight excluding hydrogens is 373 g/mol. The molecule has 1 aromatic heterocycles. The lowest BCUT2D eigenvalue weighted by Gasteiger charge is -2.13. The monoisotopic (exact) mass is 392 g/mol. The molecule has 5 nitrogen and oxygen atoms in total. The molecule has 0 aliphatic carbocycles. The molecule has 3 rings (SSSR count). The molecule has 0 unspecified atom stereocenters. The fourth-order valence-electron chi connectivity index (χ4n) is 3.11. The van der Waals surface area contributed by atoms with Crippen LogP contribution < -0.4 is 15.2 Å². The summed E-state index contributed by atoms with van der Waals surface area (Å²) in [5, 5.41) is 0.270. The van der Waals surface area contributed by atoms with E-state index in [1.807, 2.05) is 0 Å². The number of ether oxygens (including phenoxy) is 2. The van der Waals surface area contributed by atoms with Crippen LogP contribution in [0.2, 0.25) is 0 Å². The lowest BCUT2D eigenvalue weighted by molar-refractivity contribution is -0.142. The minimum Gasteiger partial charge on any atom is -0.493 e. The number of fused-ring (bicyclic) bond motifs is 1. The maximum atomic E-state index is 13.5. The second-order valence-corrected chi connectivity index (χ2v) is 6.26. The van der Waals surface area contributed by atoms with Crippen LogP contribution in [0.1, 0.15) is 22.5 Å². The molecule has 0 bridgehead atoms. The standard InChI is InChI=1S/C20H19F3N2O3/c1-27-16-7-3-12(9-17(16)28-2)4-8-19(26)25-15-6-5-14(24)10-13(15)11-18(25)20(21,22)23/h3,5-7,9-11H,4,8,24H2,1-2H3. The van der Waals surface area contributed by atoms with Crippen LogP contribution in [0.15, 0.2) is 42.5 Å². The number of hydrogen-bond acceptors (Lipinski definition) is 4. The van der Waals surface area contributed by atoms with Crippen molar-refractivity contribution in [1.29, 1.82) is 0 Å². The van der Waals surface area contributed by atoms with Crippen LogP contribution >= 0.6 is 0 Å². The number of anilines is 1. The van der Waals surface area contributed by atoms with Gasteiger partial charge in [-0.2, -0.15) is 13.2 Å². The summed E-state index contributed by atoms with van der Waals surface area (Å²) in [6.45, 7) is 0. The Kier molecular flexibility index (Phi) is 5.22. The first-order valence-corrected chi connectivity index (χ1v) is 8.47. The van der Waals surface area contributed by atoms with Gasteiger partial charge in [0.1, 0.15) is 5.69 Å². The molecule has 28 heavy (non-hydrogen) atoms. The molecule has 148 valence electrons. The lowest BCUT2D eigenvalue weighted by Crippen LogP contribution is -2.20. The number of rotatable bonds is 5. The molecule has 0 aliphatic heterocycles. The third-order valence-corrected chi connectivity index (χ3v) is 4.44. The van der Waals surface area contributed by atoms with Crippen molar-refractivity contribution in [3.63, 3.8) is 0 Å². The van der Waals surface area contributed by atoms with Crippen molar-refractivity contribution < 1.29 is 27.4 Å². The van der Waals surface area contributed by atoms with Crippen molar-refractivity contribution in [3.8, 4) is 11.5 Å². The summed E-state index contributed by atoms with van der Waals surface area (Å²) in [4.78, 5) is 12.7. The first-order valence-electron chi connectivity index (χ1n) is 8.47. The van der Waals surface area contributed by atoms with Crippen molar-refractivity contribution in [1.82, 2.24) is 4.57 Å². The third-order valence-electron chi connectivity index (χ3n) is 4.44. The number of alkyl halides is 3. The normalized spacial score (nSPS) is 11.6. The van der Waals surface area contributed by atoms with E-state index < -0.39 is 17.8 Å². The molecule has 2 aromatic carbocycles. The van der Waals surface area contributed by atoms with Crippen LogP contribution in [0, 0.1) is 0 Å². The number of methoxy groups -OCH3 is 2. The Morgan fingerprint density at radius 2 is 1.75 bits per heavy atom. The summed E-state index contributed by atoms with van der Waals surface area (Å²) >= 11 is 0. The van der Waals surface area contributed by atoms with Crippen LogP contribution in [-0.4, -0.2) is 24.7 Å². The fraction of sp³-hybridized carbons (Fsp3) is 0.250. The minimum atomic E-state index is -4.66. The van der Waals surface area contributed by atoms with Crippen LogP contribution in [0.25, 0.3) is 10.9 Å². The molecule has 8 heteroatoms. The van der Waals surface area contributed by atoms with Gasteiger partial charge in [0.25, 0.3) is 0 Å². The Labute approximate surface area is 159 Å². The van der Waals surface area contributed by atoms with Gasteiger partial charge in [-0.3, -0.25) is 9.36 Å². The highest BCUT2D eigenvalue weighted by atomic mass is 19.4. The van der Waals surface area contributed by atoms with Gasteiger partial charge < -0.3 is 15.2 Å². The van der Waals surface area contributed by atoms with Crippen LogP contribution in [0.4, 0.5) is 18.9 Å². The molecule has 0 radical (unpaired) electrons. The number of carbonyl (C=O) groups excluding carboxylic acids is 1. The second kappa shape index (κ2) is 7.46. The predicted octanol–water partition coefficient (Wildman–Crippen LogP) is 4.53. The van der Waals surface area contributed by atoms with E-state index in [1.165, 1.54) is 32.4 Å². The van der Waals surface area contributed by atoms with Gasteiger partial charge in [0, 0.05) is 17.5 Å². The number of halogens is 3. The first-order chi connectivity index (χ1) is 13.2. The Morgan fingerprint density at radius 1 is 1.04 bits per heavy atom. The average molecular weight is 392 g/mol. The van der Waals surface area contributed by atoms with E-state index in [4.69, 9.17) is 15.2 Å². The van der Waals surface area contributed by atoms with Gasteiger partial charge in [-0.1, -0.05) is 6.07 Å². The minimum absolute atomic E-state index is 0.104. The Hall–Kier alpha value is -3.16. The van der Waals surface area contributed by atoms with Gasteiger partial charge in [-0.15, -0.1) is 0 Å². The molecule has 0 saturated carbocycles. The summed E-state index contributed by atoms with van der Waals surface area (Å²) in [5.74, 6) is 0.373. The highest BCUT2D eigenvalue weighted by Crippen LogP contribution is 2.35. The number of aryl methyl sites for hydroxylation is 1. The van der Waals surface area contributed by atoms with E-state index >= 15 is 0 Å². The molecule has 3 aromatic rings. The van der Waals surface area contributed by atoms with E-state index in [-0.39, 0.29) is 23.7 Å². The number of carbonyl (C=O) groups is 1. The zero-order valence-electron chi connectivity index (χ0n) is 15.3. The molecule has 0 fully saturated rings. The van der Waals surface area contributed by atoms with Crippen LogP contribution in [0.3, 0.4) is 0 Å². The van der Waals surface area contributed by atoms with E-state index in [9.17, 15) is 18.0 Å². The zero-order valence-corrected chi connectivity index (χ0v) is 15.3. The van der Waals surface area contributed by atoms with Crippen molar-refractivity contribution in [3.05, 3.63) is 53.7 Å². The van der Waals surface area contributed by atoms with Crippen molar-refractivity contribution in [2.75, 3.05) is 20.0 Å². The number of nitrogens with zero attached hydrogens (tertiary/aromatic N) is 1. The zero-order chi connectivity index (χ0) is 20.5. The smallest absolute Gasteiger partial charge is 0.431 e. The molecule has 0 spiro atoms. The van der Waals surface area contributed by atoms with Crippen LogP contribution in [0.5, 0.6) is 11.5 Å². The van der Waals surface area contributed by atoms with Crippen molar-refractivity contribution in [2.45, 2.75) is 19.0 Å². The second-order valence-electron chi connectivity index (χ2n) is 6.26.